The molecule has 0 saturated carbocycles. The summed E-state index contributed by atoms with van der Waals surface area (Å²) >= 11 is 0. The van der Waals surface area contributed by atoms with Crippen LogP contribution in [0.4, 0.5) is 22.7 Å². The molecular formula is C24H14N4O10S2. The van der Waals surface area contributed by atoms with E-state index in [1.807, 2.05) is 0 Å². The average molecular weight is 583 g/mol. The second-order valence-electron chi connectivity index (χ2n) is 7.54. The molecule has 14 nitrogen and oxygen atoms in total. The average Bonchev–Trinajstić information content (AvgIpc) is 2.92. The molecule has 16 heteroatoms. The summed E-state index contributed by atoms with van der Waals surface area (Å²) in [5, 5.41) is 45.7. The standard InChI is InChI=1S/C24H14N4O10S2/c29-25(30)15-7-5-11-19(23(15)27(33)34)37-17-9-1-3-13-21(17)39-40-22-14-4-2-10-18(22)38-20-12-6-8-16(26(31)32)24(20)28(35)36/h1-14H. The SMILES string of the molecule is O=[N+]([O-])c1cccc(Oc2ccccc2SSc2ccccc2Oc2cccc([N+](=O)[O-])c2[N+](=O)[O-])c1[N+](=O)[O-]. The zero-order valence-corrected chi connectivity index (χ0v) is 21.4. The quantitative estimate of drug-likeness (QED) is 0.0951. The highest BCUT2D eigenvalue weighted by Gasteiger charge is 2.31. The molecule has 0 unspecified atom stereocenters. The van der Waals surface area contributed by atoms with Crippen LogP contribution in [0.5, 0.6) is 23.0 Å². The van der Waals surface area contributed by atoms with Gasteiger partial charge in [-0.2, -0.15) is 0 Å². The molecule has 0 N–H and O–H groups in total. The Bertz CT molecular complexity index is 1530. The van der Waals surface area contributed by atoms with Crippen molar-refractivity contribution >= 4 is 44.3 Å². The Balaban J connectivity index is 1.61. The molecule has 4 aromatic rings. The Morgan fingerprint density at radius 2 is 0.800 bits per heavy atom. The summed E-state index contributed by atoms with van der Waals surface area (Å²) in [6, 6.07) is 20.0. The minimum Gasteiger partial charge on any atom is -0.449 e. The number of rotatable bonds is 11. The van der Waals surface area contributed by atoms with Crippen LogP contribution in [0, 0.1) is 40.5 Å². The summed E-state index contributed by atoms with van der Waals surface area (Å²) in [5.41, 5.74) is -3.03. The zero-order chi connectivity index (χ0) is 28.8. The van der Waals surface area contributed by atoms with Crippen LogP contribution in [0.2, 0.25) is 0 Å². The van der Waals surface area contributed by atoms with Gasteiger partial charge in [-0.25, -0.2) is 0 Å². The Morgan fingerprint density at radius 1 is 0.450 bits per heavy atom. The normalized spacial score (nSPS) is 10.5. The predicted octanol–water partition coefficient (Wildman–Crippen LogP) is 7.70. The molecule has 0 spiro atoms. The molecule has 0 bridgehead atoms. The molecule has 0 fully saturated rings. The molecule has 0 aliphatic heterocycles. The molecule has 0 atom stereocenters. The van der Waals surface area contributed by atoms with E-state index in [2.05, 4.69) is 0 Å². The van der Waals surface area contributed by atoms with Gasteiger partial charge in [-0.1, -0.05) is 36.4 Å². The molecule has 4 rings (SSSR count). The van der Waals surface area contributed by atoms with Gasteiger partial charge in [0.1, 0.15) is 11.5 Å². The molecule has 0 heterocycles. The molecule has 4 aromatic carbocycles. The van der Waals surface area contributed by atoms with Gasteiger partial charge in [0.05, 0.1) is 29.5 Å². The van der Waals surface area contributed by atoms with Crippen LogP contribution < -0.4 is 9.47 Å². The van der Waals surface area contributed by atoms with Crippen molar-refractivity contribution in [1.82, 2.24) is 0 Å². The minimum absolute atomic E-state index is 0.177. The number of nitro groups is 4. The Morgan fingerprint density at radius 3 is 1.15 bits per heavy atom. The van der Waals surface area contributed by atoms with Gasteiger partial charge in [0.15, 0.2) is 0 Å². The Hall–Kier alpha value is -5.22. The third kappa shape index (κ3) is 6.08. The molecule has 202 valence electrons. The highest BCUT2D eigenvalue weighted by atomic mass is 33.1. The highest BCUT2D eigenvalue weighted by molar-refractivity contribution is 8.76. The van der Waals surface area contributed by atoms with Gasteiger partial charge in [0.2, 0.25) is 11.5 Å². The van der Waals surface area contributed by atoms with Gasteiger partial charge in [0.25, 0.3) is 0 Å². The number of nitro benzene ring substituents is 4. The molecule has 0 aliphatic rings. The first-order valence-electron chi connectivity index (χ1n) is 10.9. The lowest BCUT2D eigenvalue weighted by molar-refractivity contribution is -0.423. The van der Waals surface area contributed by atoms with Gasteiger partial charge < -0.3 is 9.47 Å². The van der Waals surface area contributed by atoms with E-state index in [-0.39, 0.29) is 23.0 Å². The predicted molar refractivity (Wildman–Crippen MR) is 144 cm³/mol. The van der Waals surface area contributed by atoms with Crippen LogP contribution in [0.1, 0.15) is 0 Å². The number of ether oxygens (including phenoxy) is 2. The topological polar surface area (TPSA) is 191 Å². The number of nitrogens with zero attached hydrogens (tertiary/aromatic N) is 4. The maximum atomic E-state index is 11.6. The van der Waals surface area contributed by atoms with E-state index in [0.29, 0.717) is 9.79 Å². The van der Waals surface area contributed by atoms with Gasteiger partial charge in [0, 0.05) is 12.1 Å². The van der Waals surface area contributed by atoms with Crippen LogP contribution in [0.15, 0.2) is 94.7 Å². The third-order valence-corrected chi connectivity index (χ3v) is 7.52. The second kappa shape index (κ2) is 12.1. The summed E-state index contributed by atoms with van der Waals surface area (Å²) in [7, 11) is 2.31. The Kier molecular flexibility index (Phi) is 8.41. The number of hydrogen-bond donors (Lipinski definition) is 0. The lowest BCUT2D eigenvalue weighted by atomic mass is 10.2. The molecule has 0 saturated heterocycles. The molecule has 0 aliphatic carbocycles. The number of hydrogen-bond acceptors (Lipinski definition) is 12. The second-order valence-corrected chi connectivity index (χ2v) is 9.75. The maximum absolute atomic E-state index is 11.6. The maximum Gasteiger partial charge on any atom is 0.387 e. The van der Waals surface area contributed by atoms with E-state index >= 15 is 0 Å². The fourth-order valence-corrected chi connectivity index (χ4v) is 5.58. The van der Waals surface area contributed by atoms with Gasteiger partial charge in [-0.15, -0.1) is 0 Å². The number of para-hydroxylation sites is 4. The van der Waals surface area contributed by atoms with Crippen LogP contribution in [0.25, 0.3) is 0 Å². The minimum atomic E-state index is -0.890. The van der Waals surface area contributed by atoms with E-state index in [1.54, 1.807) is 36.4 Å². The first-order valence-corrected chi connectivity index (χ1v) is 13.0. The van der Waals surface area contributed by atoms with Gasteiger partial charge in [-0.05, 0) is 58.0 Å². The highest BCUT2D eigenvalue weighted by Crippen LogP contribution is 2.48. The lowest BCUT2D eigenvalue weighted by Crippen LogP contribution is -1.99. The number of benzene rings is 4. The fraction of sp³-hybridized carbons (Fsp3) is 0. The van der Waals surface area contributed by atoms with Crippen molar-refractivity contribution in [1.29, 1.82) is 0 Å². The first kappa shape index (κ1) is 27.8. The van der Waals surface area contributed by atoms with Crippen LogP contribution in [-0.4, -0.2) is 19.7 Å². The largest absolute Gasteiger partial charge is 0.449 e. The third-order valence-electron chi connectivity index (χ3n) is 5.07. The monoisotopic (exact) mass is 582 g/mol. The van der Waals surface area contributed by atoms with E-state index in [4.69, 9.17) is 9.47 Å². The van der Waals surface area contributed by atoms with Crippen molar-refractivity contribution in [2.24, 2.45) is 0 Å². The Labute approximate surface area is 231 Å². The van der Waals surface area contributed by atoms with E-state index in [1.165, 1.54) is 36.4 Å². The van der Waals surface area contributed by atoms with Crippen molar-refractivity contribution in [3.63, 3.8) is 0 Å². The first-order chi connectivity index (χ1) is 19.2. The van der Waals surface area contributed by atoms with Crippen molar-refractivity contribution in [3.8, 4) is 23.0 Å². The van der Waals surface area contributed by atoms with Gasteiger partial charge >= 0.3 is 22.7 Å². The van der Waals surface area contributed by atoms with Gasteiger partial charge in [-0.3, -0.25) is 40.5 Å². The molecular weight excluding hydrogens is 568 g/mol. The molecule has 0 amide bonds. The summed E-state index contributed by atoms with van der Waals surface area (Å²) in [6.07, 6.45) is 0. The van der Waals surface area contributed by atoms with Crippen LogP contribution in [0.3, 0.4) is 0 Å². The summed E-state index contributed by atoms with van der Waals surface area (Å²) in [5.74, 6) is -0.287. The summed E-state index contributed by atoms with van der Waals surface area (Å²) < 4.78 is 11.5. The lowest BCUT2D eigenvalue weighted by Gasteiger charge is -2.13. The van der Waals surface area contributed by atoms with Crippen molar-refractivity contribution in [2.75, 3.05) is 0 Å². The van der Waals surface area contributed by atoms with Crippen molar-refractivity contribution in [2.45, 2.75) is 9.79 Å². The summed E-state index contributed by atoms with van der Waals surface area (Å²) in [6.45, 7) is 0. The van der Waals surface area contributed by atoms with E-state index in [9.17, 15) is 40.5 Å². The summed E-state index contributed by atoms with van der Waals surface area (Å²) in [4.78, 5) is 43.2. The van der Waals surface area contributed by atoms with E-state index < -0.39 is 42.4 Å². The van der Waals surface area contributed by atoms with Crippen LogP contribution >= 0.6 is 21.6 Å². The van der Waals surface area contributed by atoms with E-state index in [0.717, 1.165) is 33.7 Å². The molecule has 0 aromatic heterocycles. The van der Waals surface area contributed by atoms with Crippen molar-refractivity contribution in [3.05, 3.63) is 125 Å². The molecule has 40 heavy (non-hydrogen) atoms. The zero-order valence-electron chi connectivity index (χ0n) is 19.8. The smallest absolute Gasteiger partial charge is 0.387 e. The van der Waals surface area contributed by atoms with Crippen LogP contribution in [-0.2, 0) is 0 Å². The molecule has 0 radical (unpaired) electrons. The van der Waals surface area contributed by atoms with Crippen molar-refractivity contribution < 1.29 is 29.2 Å². The fourth-order valence-electron chi connectivity index (χ4n) is 3.38.